The van der Waals surface area contributed by atoms with Crippen molar-refractivity contribution in [2.45, 2.75) is 39.2 Å². The van der Waals surface area contributed by atoms with Gasteiger partial charge in [-0.25, -0.2) is 0 Å². The Bertz CT molecular complexity index is 831. The molecule has 0 unspecified atom stereocenters. The normalized spacial score (nSPS) is 11.0. The molecule has 0 saturated heterocycles. The molecule has 2 aromatic carbocycles. The van der Waals surface area contributed by atoms with E-state index in [0.29, 0.717) is 6.42 Å². The van der Waals surface area contributed by atoms with Crippen molar-refractivity contribution in [2.24, 2.45) is 0 Å². The van der Waals surface area contributed by atoms with Gasteiger partial charge in [0.1, 0.15) is 0 Å². The monoisotopic (exact) mass is 321 g/mol. The van der Waals surface area contributed by atoms with E-state index in [2.05, 4.69) is 54.0 Å². The van der Waals surface area contributed by atoms with Crippen LogP contribution in [0.15, 0.2) is 54.6 Å². The van der Waals surface area contributed by atoms with Crippen molar-refractivity contribution < 1.29 is 9.90 Å². The summed E-state index contributed by atoms with van der Waals surface area (Å²) in [4.78, 5) is 10.7. The molecule has 0 spiro atoms. The lowest BCUT2D eigenvalue weighted by atomic mass is 10.1. The Morgan fingerprint density at radius 2 is 1.83 bits per heavy atom. The van der Waals surface area contributed by atoms with Crippen LogP contribution in [0.1, 0.15) is 31.7 Å². The number of benzene rings is 2. The largest absolute Gasteiger partial charge is 0.481 e. The Morgan fingerprint density at radius 3 is 2.54 bits per heavy atom. The third-order valence-corrected chi connectivity index (χ3v) is 4.42. The van der Waals surface area contributed by atoms with Crippen molar-refractivity contribution in [2.75, 3.05) is 0 Å². The van der Waals surface area contributed by atoms with Crippen LogP contribution in [0.4, 0.5) is 0 Å². The predicted molar refractivity (Wildman–Crippen MR) is 98.2 cm³/mol. The number of fused-ring (bicyclic) bond motifs is 1. The fraction of sp³-hybridized carbons (Fsp3) is 0.286. The summed E-state index contributed by atoms with van der Waals surface area (Å²) < 4.78 is 2.39. The van der Waals surface area contributed by atoms with Crippen molar-refractivity contribution >= 4 is 16.9 Å². The predicted octanol–water partition coefficient (Wildman–Crippen LogP) is 5.13. The van der Waals surface area contributed by atoms with Crippen LogP contribution in [0.25, 0.3) is 22.2 Å². The number of carboxylic acids is 1. The van der Waals surface area contributed by atoms with E-state index >= 15 is 0 Å². The fourth-order valence-corrected chi connectivity index (χ4v) is 3.10. The van der Waals surface area contributed by atoms with Crippen LogP contribution in [-0.2, 0) is 17.8 Å². The highest BCUT2D eigenvalue weighted by molar-refractivity contribution is 5.87. The molecule has 0 aliphatic rings. The molecule has 1 N–H and O–H groups in total. The Morgan fingerprint density at radius 1 is 1.08 bits per heavy atom. The molecular weight excluding hydrogens is 298 g/mol. The number of aromatic nitrogens is 1. The van der Waals surface area contributed by atoms with Gasteiger partial charge in [0.2, 0.25) is 0 Å². The standard InChI is InChI=1S/C21H23NO2/c1-2-3-14-22-19-7-5-4-6-18(19)15-20(22)17-11-8-16(9-12-17)10-13-21(23)24/h4-9,11-12,15H,2-3,10,13-14H2,1H3,(H,23,24). The maximum absolute atomic E-state index is 10.7. The third kappa shape index (κ3) is 3.51. The molecule has 0 fully saturated rings. The first-order chi connectivity index (χ1) is 11.7. The van der Waals surface area contributed by atoms with Crippen LogP contribution in [0, 0.1) is 0 Å². The molecule has 3 rings (SSSR count). The second-order valence-electron chi connectivity index (χ2n) is 6.18. The summed E-state index contributed by atoms with van der Waals surface area (Å²) in [6.07, 6.45) is 3.08. The van der Waals surface area contributed by atoms with E-state index in [1.165, 1.54) is 28.6 Å². The Kier molecular flexibility index (Phi) is 4.99. The molecule has 1 aromatic heterocycles. The number of unbranched alkanes of at least 4 members (excludes halogenated alkanes) is 1. The molecule has 0 radical (unpaired) electrons. The topological polar surface area (TPSA) is 42.2 Å². The lowest BCUT2D eigenvalue weighted by molar-refractivity contribution is -0.136. The number of carbonyl (C=O) groups is 1. The number of aliphatic carboxylic acids is 1. The van der Waals surface area contributed by atoms with Crippen molar-refractivity contribution in [3.63, 3.8) is 0 Å². The first kappa shape index (κ1) is 16.3. The maximum atomic E-state index is 10.7. The van der Waals surface area contributed by atoms with Gasteiger partial charge >= 0.3 is 5.97 Å². The van der Waals surface area contributed by atoms with Crippen molar-refractivity contribution in [1.29, 1.82) is 0 Å². The van der Waals surface area contributed by atoms with E-state index in [1.54, 1.807) is 0 Å². The van der Waals surface area contributed by atoms with E-state index in [4.69, 9.17) is 5.11 Å². The van der Waals surface area contributed by atoms with E-state index in [-0.39, 0.29) is 6.42 Å². The quantitative estimate of drug-likeness (QED) is 0.656. The van der Waals surface area contributed by atoms with Crippen LogP contribution in [-0.4, -0.2) is 15.6 Å². The molecule has 3 heteroatoms. The van der Waals surface area contributed by atoms with Gasteiger partial charge in [-0.1, -0.05) is 55.8 Å². The number of hydrogen-bond acceptors (Lipinski definition) is 1. The van der Waals surface area contributed by atoms with Gasteiger partial charge in [-0.2, -0.15) is 0 Å². The highest BCUT2D eigenvalue weighted by Gasteiger charge is 2.10. The molecule has 0 bridgehead atoms. The van der Waals surface area contributed by atoms with E-state index in [1.807, 2.05) is 12.1 Å². The second-order valence-corrected chi connectivity index (χ2v) is 6.18. The van der Waals surface area contributed by atoms with Gasteiger partial charge < -0.3 is 9.67 Å². The minimum atomic E-state index is -0.751. The smallest absolute Gasteiger partial charge is 0.303 e. The zero-order chi connectivity index (χ0) is 16.9. The van der Waals surface area contributed by atoms with E-state index < -0.39 is 5.97 Å². The average molecular weight is 321 g/mol. The summed E-state index contributed by atoms with van der Waals surface area (Å²) in [5, 5.41) is 10.1. The minimum Gasteiger partial charge on any atom is -0.481 e. The molecule has 0 amide bonds. The Labute approximate surface area is 142 Å². The van der Waals surface area contributed by atoms with Gasteiger partial charge in [-0.15, -0.1) is 0 Å². The number of nitrogens with zero attached hydrogens (tertiary/aromatic N) is 1. The van der Waals surface area contributed by atoms with Crippen LogP contribution in [0.2, 0.25) is 0 Å². The molecule has 1 heterocycles. The summed E-state index contributed by atoms with van der Waals surface area (Å²) >= 11 is 0. The van der Waals surface area contributed by atoms with Crippen LogP contribution < -0.4 is 0 Å². The number of hydrogen-bond donors (Lipinski definition) is 1. The van der Waals surface area contributed by atoms with Gasteiger partial charge in [0.05, 0.1) is 0 Å². The minimum absolute atomic E-state index is 0.177. The third-order valence-electron chi connectivity index (χ3n) is 4.42. The van der Waals surface area contributed by atoms with Crippen LogP contribution >= 0.6 is 0 Å². The van der Waals surface area contributed by atoms with Gasteiger partial charge in [0, 0.05) is 29.6 Å². The number of aryl methyl sites for hydroxylation is 2. The van der Waals surface area contributed by atoms with Crippen LogP contribution in [0.5, 0.6) is 0 Å². The lowest BCUT2D eigenvalue weighted by Gasteiger charge is -2.11. The summed E-state index contributed by atoms with van der Waals surface area (Å²) in [5.74, 6) is -0.751. The number of carboxylic acid groups (broad SMARTS) is 1. The average Bonchev–Trinajstić information content (AvgIpc) is 2.97. The highest BCUT2D eigenvalue weighted by atomic mass is 16.4. The second kappa shape index (κ2) is 7.35. The summed E-state index contributed by atoms with van der Waals surface area (Å²) in [5.41, 5.74) is 4.75. The van der Waals surface area contributed by atoms with Crippen molar-refractivity contribution in [3.05, 3.63) is 60.2 Å². The molecule has 0 saturated carbocycles. The fourth-order valence-electron chi connectivity index (χ4n) is 3.10. The zero-order valence-electron chi connectivity index (χ0n) is 14.0. The SMILES string of the molecule is CCCCn1c(-c2ccc(CCC(=O)O)cc2)cc2ccccc21. The molecule has 3 aromatic rings. The Balaban J connectivity index is 1.94. The molecule has 24 heavy (non-hydrogen) atoms. The molecular formula is C21H23NO2. The number of para-hydroxylation sites is 1. The summed E-state index contributed by atoms with van der Waals surface area (Å²) in [6.45, 7) is 3.22. The first-order valence-corrected chi connectivity index (χ1v) is 8.58. The summed E-state index contributed by atoms with van der Waals surface area (Å²) in [6, 6.07) is 19.0. The Hall–Kier alpha value is -2.55. The van der Waals surface area contributed by atoms with Gasteiger partial charge in [-0.3, -0.25) is 4.79 Å². The first-order valence-electron chi connectivity index (χ1n) is 8.58. The molecule has 0 aliphatic carbocycles. The summed E-state index contributed by atoms with van der Waals surface area (Å²) in [7, 11) is 0. The van der Waals surface area contributed by atoms with Crippen molar-refractivity contribution in [3.8, 4) is 11.3 Å². The molecule has 0 atom stereocenters. The van der Waals surface area contributed by atoms with Gasteiger partial charge in [0.25, 0.3) is 0 Å². The van der Waals surface area contributed by atoms with E-state index in [9.17, 15) is 4.79 Å². The molecule has 124 valence electrons. The number of rotatable bonds is 7. The van der Waals surface area contributed by atoms with E-state index in [0.717, 1.165) is 18.5 Å². The molecule has 3 nitrogen and oxygen atoms in total. The zero-order valence-corrected chi connectivity index (χ0v) is 14.0. The maximum Gasteiger partial charge on any atom is 0.303 e. The van der Waals surface area contributed by atoms with Gasteiger partial charge in [0.15, 0.2) is 0 Å². The van der Waals surface area contributed by atoms with Crippen molar-refractivity contribution in [1.82, 2.24) is 4.57 Å². The lowest BCUT2D eigenvalue weighted by Crippen LogP contribution is -2.00. The highest BCUT2D eigenvalue weighted by Crippen LogP contribution is 2.29. The van der Waals surface area contributed by atoms with Crippen LogP contribution in [0.3, 0.4) is 0 Å². The van der Waals surface area contributed by atoms with Gasteiger partial charge in [-0.05, 0) is 36.1 Å². The molecule has 0 aliphatic heterocycles.